The second kappa shape index (κ2) is 9.51. The minimum atomic E-state index is 0.874. The Kier molecular flexibility index (Phi) is 6.29. The van der Waals surface area contributed by atoms with Gasteiger partial charge in [0.15, 0.2) is 0 Å². The summed E-state index contributed by atoms with van der Waals surface area (Å²) in [6.07, 6.45) is 1.90. The summed E-state index contributed by atoms with van der Waals surface area (Å²) in [5.74, 6) is 0. The molecule has 34 heavy (non-hydrogen) atoms. The Morgan fingerprint density at radius 2 is 1.09 bits per heavy atom. The summed E-state index contributed by atoms with van der Waals surface area (Å²) in [6.45, 7) is 6.38. The molecule has 0 amide bonds. The summed E-state index contributed by atoms with van der Waals surface area (Å²) in [5.41, 5.74) is 12.0. The number of benzene rings is 4. The maximum Gasteiger partial charge on any atom is 0.0973 e. The molecule has 0 N–H and O–H groups in total. The van der Waals surface area contributed by atoms with Crippen LogP contribution in [0.1, 0.15) is 16.7 Å². The molecule has 166 valence electrons. The number of aromatic nitrogens is 2. The van der Waals surface area contributed by atoms with Gasteiger partial charge < -0.3 is 0 Å². The predicted octanol–water partition coefficient (Wildman–Crippen LogP) is 8.67. The van der Waals surface area contributed by atoms with Crippen LogP contribution in [0.15, 0.2) is 97.2 Å². The molecule has 0 aliphatic rings. The lowest BCUT2D eigenvalue weighted by Crippen LogP contribution is -1.97. The van der Waals surface area contributed by atoms with Crippen molar-refractivity contribution in [2.24, 2.45) is 0 Å². The minimum absolute atomic E-state index is 0.874. The average Bonchev–Trinajstić information content (AvgIpc) is 2.83. The van der Waals surface area contributed by atoms with Crippen molar-refractivity contribution in [2.45, 2.75) is 20.8 Å². The van der Waals surface area contributed by atoms with Gasteiger partial charge in [0.2, 0.25) is 0 Å². The van der Waals surface area contributed by atoms with Crippen molar-refractivity contribution < 1.29 is 0 Å². The Bertz CT molecular complexity index is 1430. The van der Waals surface area contributed by atoms with Crippen LogP contribution in [0.25, 0.3) is 44.9 Å². The Morgan fingerprint density at radius 3 is 1.74 bits per heavy atom. The van der Waals surface area contributed by atoms with E-state index in [9.17, 15) is 0 Å². The zero-order valence-corrected chi connectivity index (χ0v) is 21.7. The number of rotatable bonds is 4. The molecule has 0 fully saturated rings. The molecule has 0 saturated heterocycles. The topological polar surface area (TPSA) is 25.8 Å². The lowest BCUT2D eigenvalue weighted by atomic mass is 9.99. The lowest BCUT2D eigenvalue weighted by Gasteiger charge is -2.13. The highest BCUT2D eigenvalue weighted by Crippen LogP contribution is 2.34. The average molecular weight is 552 g/mol. The standard InChI is InChI=1S/C31H25IN2/c1-20-13-21(2)15-26(14-20)30-31(27-16-22(3)17-28(32)18-27)34-29(19-33-30)25-11-9-24(10-12-25)23-7-5-4-6-8-23/h4-19H,1-3H3. The van der Waals surface area contributed by atoms with Crippen LogP contribution in [0.5, 0.6) is 0 Å². The Labute approximate surface area is 214 Å². The van der Waals surface area contributed by atoms with Gasteiger partial charge in [-0.15, -0.1) is 0 Å². The monoisotopic (exact) mass is 552 g/mol. The van der Waals surface area contributed by atoms with Gasteiger partial charge in [-0.25, -0.2) is 4.98 Å². The lowest BCUT2D eigenvalue weighted by molar-refractivity contribution is 1.20. The third-order valence-electron chi connectivity index (χ3n) is 5.87. The second-order valence-electron chi connectivity index (χ2n) is 8.79. The van der Waals surface area contributed by atoms with E-state index >= 15 is 0 Å². The van der Waals surface area contributed by atoms with Crippen LogP contribution in [0.4, 0.5) is 0 Å². The molecule has 0 saturated carbocycles. The molecule has 0 atom stereocenters. The van der Waals surface area contributed by atoms with Crippen LogP contribution in [0.2, 0.25) is 0 Å². The van der Waals surface area contributed by atoms with Crippen LogP contribution >= 0.6 is 22.6 Å². The fourth-order valence-electron chi connectivity index (χ4n) is 4.39. The summed E-state index contributed by atoms with van der Waals surface area (Å²) in [4.78, 5) is 10.1. The highest BCUT2D eigenvalue weighted by atomic mass is 127. The maximum atomic E-state index is 5.17. The molecule has 5 rings (SSSR count). The molecular formula is C31H25IN2. The van der Waals surface area contributed by atoms with Gasteiger partial charge in [0.1, 0.15) is 0 Å². The van der Waals surface area contributed by atoms with E-state index in [2.05, 4.69) is 128 Å². The number of nitrogens with zero attached hydrogens (tertiary/aromatic N) is 2. The van der Waals surface area contributed by atoms with Crippen molar-refractivity contribution in [3.63, 3.8) is 0 Å². The van der Waals surface area contributed by atoms with Crippen molar-refractivity contribution in [3.8, 4) is 44.9 Å². The molecule has 1 heterocycles. The predicted molar refractivity (Wildman–Crippen MR) is 151 cm³/mol. The molecule has 0 unspecified atom stereocenters. The molecule has 4 aromatic carbocycles. The third kappa shape index (κ3) is 4.80. The van der Waals surface area contributed by atoms with Crippen molar-refractivity contribution >= 4 is 22.6 Å². The first-order valence-corrected chi connectivity index (χ1v) is 12.4. The van der Waals surface area contributed by atoms with E-state index in [0.29, 0.717) is 0 Å². The van der Waals surface area contributed by atoms with Crippen LogP contribution < -0.4 is 0 Å². The van der Waals surface area contributed by atoms with Crippen molar-refractivity contribution in [2.75, 3.05) is 0 Å². The van der Waals surface area contributed by atoms with E-state index in [4.69, 9.17) is 9.97 Å². The zero-order valence-electron chi connectivity index (χ0n) is 19.5. The first kappa shape index (κ1) is 22.5. The Morgan fingerprint density at radius 1 is 0.529 bits per heavy atom. The van der Waals surface area contributed by atoms with Gasteiger partial charge in [0, 0.05) is 20.3 Å². The molecule has 2 nitrogen and oxygen atoms in total. The van der Waals surface area contributed by atoms with Gasteiger partial charge in [-0.2, -0.15) is 0 Å². The molecule has 0 radical (unpaired) electrons. The molecule has 5 aromatic rings. The molecule has 0 spiro atoms. The van der Waals surface area contributed by atoms with Gasteiger partial charge in [0.25, 0.3) is 0 Å². The molecule has 0 bridgehead atoms. The summed E-state index contributed by atoms with van der Waals surface area (Å²) < 4.78 is 1.19. The summed E-state index contributed by atoms with van der Waals surface area (Å²) in [5, 5.41) is 0. The van der Waals surface area contributed by atoms with E-state index in [0.717, 1.165) is 33.8 Å². The van der Waals surface area contributed by atoms with Crippen LogP contribution in [-0.4, -0.2) is 9.97 Å². The van der Waals surface area contributed by atoms with E-state index in [-0.39, 0.29) is 0 Å². The normalized spacial score (nSPS) is 10.9. The van der Waals surface area contributed by atoms with Crippen molar-refractivity contribution in [1.29, 1.82) is 0 Å². The molecule has 0 aliphatic carbocycles. The van der Waals surface area contributed by atoms with Crippen molar-refractivity contribution in [3.05, 3.63) is 117 Å². The number of hydrogen-bond donors (Lipinski definition) is 0. The fourth-order valence-corrected chi connectivity index (χ4v) is 5.22. The molecule has 3 heteroatoms. The zero-order chi connectivity index (χ0) is 23.7. The van der Waals surface area contributed by atoms with Gasteiger partial charge >= 0.3 is 0 Å². The van der Waals surface area contributed by atoms with Gasteiger partial charge in [-0.3, -0.25) is 4.98 Å². The van der Waals surface area contributed by atoms with Gasteiger partial charge in [-0.1, -0.05) is 71.8 Å². The van der Waals surface area contributed by atoms with E-state index < -0.39 is 0 Å². The minimum Gasteiger partial charge on any atom is -0.252 e. The van der Waals surface area contributed by atoms with Crippen molar-refractivity contribution in [1.82, 2.24) is 9.97 Å². The Balaban J connectivity index is 1.64. The van der Waals surface area contributed by atoms with Gasteiger partial charge in [-0.05, 0) is 90.4 Å². The Hall–Kier alpha value is -3.31. The molecular weight excluding hydrogens is 527 g/mol. The SMILES string of the molecule is Cc1cc(C)cc(-c2ncc(-c3ccc(-c4ccccc4)cc3)nc2-c2cc(C)cc(I)c2)c1. The number of halogens is 1. The fraction of sp³-hybridized carbons (Fsp3) is 0.0968. The largest absolute Gasteiger partial charge is 0.252 e. The molecule has 1 aromatic heterocycles. The number of aryl methyl sites for hydroxylation is 3. The van der Waals surface area contributed by atoms with E-state index in [1.807, 2.05) is 12.3 Å². The summed E-state index contributed by atoms with van der Waals surface area (Å²) in [7, 11) is 0. The van der Waals surface area contributed by atoms with Gasteiger partial charge in [0.05, 0.1) is 23.3 Å². The summed E-state index contributed by atoms with van der Waals surface area (Å²) in [6, 6.07) is 32.1. The first-order chi connectivity index (χ1) is 16.5. The number of hydrogen-bond acceptors (Lipinski definition) is 2. The van der Waals surface area contributed by atoms with Crippen LogP contribution in [0, 0.1) is 24.3 Å². The van der Waals surface area contributed by atoms with Crippen LogP contribution in [-0.2, 0) is 0 Å². The summed E-state index contributed by atoms with van der Waals surface area (Å²) >= 11 is 2.38. The first-order valence-electron chi connectivity index (χ1n) is 11.4. The second-order valence-corrected chi connectivity index (χ2v) is 10.0. The molecule has 0 aliphatic heterocycles. The van der Waals surface area contributed by atoms with E-state index in [1.54, 1.807) is 0 Å². The highest BCUT2D eigenvalue weighted by molar-refractivity contribution is 14.1. The quantitative estimate of drug-likeness (QED) is 0.209. The smallest absolute Gasteiger partial charge is 0.0973 e. The third-order valence-corrected chi connectivity index (χ3v) is 6.49. The van der Waals surface area contributed by atoms with E-state index in [1.165, 1.54) is 31.4 Å². The maximum absolute atomic E-state index is 5.17. The highest BCUT2D eigenvalue weighted by Gasteiger charge is 2.15. The van der Waals surface area contributed by atoms with Crippen LogP contribution in [0.3, 0.4) is 0 Å².